The van der Waals surface area contributed by atoms with Crippen LogP contribution in [-0.2, 0) is 10.0 Å². The maximum Gasteiger partial charge on any atom is 0.236 e. The van der Waals surface area contributed by atoms with Crippen molar-refractivity contribution in [2.24, 2.45) is 0 Å². The van der Waals surface area contributed by atoms with Crippen molar-refractivity contribution in [3.8, 4) is 0 Å². The lowest BCUT2D eigenvalue weighted by molar-refractivity contribution is 0.579. The summed E-state index contributed by atoms with van der Waals surface area (Å²) in [6, 6.07) is 3.85. The van der Waals surface area contributed by atoms with Crippen LogP contribution in [0.25, 0.3) is 0 Å². The van der Waals surface area contributed by atoms with Crippen LogP contribution in [0.15, 0.2) is 22.7 Å². The molecular weight excluding hydrogens is 323 g/mol. The minimum atomic E-state index is -3.53. The standard InChI is InChI=1S/C11H16BrFN2O2S/c1-3-14-7-8(2)18(16,17)15-11-6-9(13)4-5-10(11)12/h4-6,8,14-15H,3,7H2,1-2H3. The number of hydrogen-bond acceptors (Lipinski definition) is 3. The zero-order valence-corrected chi connectivity index (χ0v) is 12.6. The predicted octanol–water partition coefficient (Wildman–Crippen LogP) is 2.33. The van der Waals surface area contributed by atoms with Gasteiger partial charge in [0.1, 0.15) is 5.82 Å². The van der Waals surface area contributed by atoms with Gasteiger partial charge in [0.25, 0.3) is 0 Å². The fraction of sp³-hybridized carbons (Fsp3) is 0.455. The number of hydrogen-bond donors (Lipinski definition) is 2. The van der Waals surface area contributed by atoms with E-state index in [1.165, 1.54) is 12.1 Å². The van der Waals surface area contributed by atoms with Gasteiger partial charge in [0.2, 0.25) is 10.0 Å². The number of anilines is 1. The minimum absolute atomic E-state index is 0.207. The van der Waals surface area contributed by atoms with Crippen LogP contribution in [0, 0.1) is 5.82 Å². The molecule has 0 fully saturated rings. The monoisotopic (exact) mass is 338 g/mol. The highest BCUT2D eigenvalue weighted by Crippen LogP contribution is 2.24. The molecule has 7 heteroatoms. The van der Waals surface area contributed by atoms with E-state index in [0.29, 0.717) is 17.6 Å². The quantitative estimate of drug-likeness (QED) is 0.836. The molecule has 0 amide bonds. The van der Waals surface area contributed by atoms with E-state index in [-0.39, 0.29) is 5.69 Å². The highest BCUT2D eigenvalue weighted by Gasteiger charge is 2.21. The van der Waals surface area contributed by atoms with E-state index < -0.39 is 21.1 Å². The molecule has 0 saturated heterocycles. The second-order valence-electron chi connectivity index (χ2n) is 3.89. The van der Waals surface area contributed by atoms with Crippen LogP contribution in [0.4, 0.5) is 10.1 Å². The predicted molar refractivity (Wildman–Crippen MR) is 74.6 cm³/mol. The van der Waals surface area contributed by atoms with Crippen molar-refractivity contribution in [2.75, 3.05) is 17.8 Å². The molecule has 1 atom stereocenters. The zero-order chi connectivity index (χ0) is 13.8. The average Bonchev–Trinajstić information content (AvgIpc) is 2.30. The molecule has 102 valence electrons. The second kappa shape index (κ2) is 6.49. The lowest BCUT2D eigenvalue weighted by Crippen LogP contribution is -2.34. The van der Waals surface area contributed by atoms with E-state index >= 15 is 0 Å². The fourth-order valence-electron chi connectivity index (χ4n) is 1.29. The Morgan fingerprint density at radius 1 is 1.44 bits per heavy atom. The molecule has 1 rings (SSSR count). The van der Waals surface area contributed by atoms with Crippen LogP contribution in [0.3, 0.4) is 0 Å². The maximum atomic E-state index is 13.1. The van der Waals surface area contributed by atoms with E-state index in [4.69, 9.17) is 0 Å². The Morgan fingerprint density at radius 2 is 2.11 bits per heavy atom. The zero-order valence-electron chi connectivity index (χ0n) is 10.2. The molecule has 0 radical (unpaired) electrons. The molecule has 0 spiro atoms. The molecule has 0 aliphatic carbocycles. The van der Waals surface area contributed by atoms with Gasteiger partial charge in [0, 0.05) is 11.0 Å². The van der Waals surface area contributed by atoms with Crippen LogP contribution < -0.4 is 10.0 Å². The summed E-state index contributed by atoms with van der Waals surface area (Å²) in [5.41, 5.74) is 0.207. The summed E-state index contributed by atoms with van der Waals surface area (Å²) >= 11 is 3.18. The average molecular weight is 339 g/mol. The van der Waals surface area contributed by atoms with E-state index in [1.54, 1.807) is 6.92 Å². The lowest BCUT2D eigenvalue weighted by atomic mass is 10.3. The molecule has 0 aliphatic rings. The molecule has 0 aliphatic heterocycles. The lowest BCUT2D eigenvalue weighted by Gasteiger charge is -2.15. The van der Waals surface area contributed by atoms with E-state index in [9.17, 15) is 12.8 Å². The van der Waals surface area contributed by atoms with Gasteiger partial charge in [-0.15, -0.1) is 0 Å². The van der Waals surface area contributed by atoms with Gasteiger partial charge in [-0.2, -0.15) is 0 Å². The Balaban J connectivity index is 2.85. The maximum absolute atomic E-state index is 13.1. The van der Waals surface area contributed by atoms with Crippen molar-refractivity contribution >= 4 is 31.6 Å². The molecule has 2 N–H and O–H groups in total. The second-order valence-corrected chi connectivity index (χ2v) is 6.84. The normalized spacial score (nSPS) is 13.3. The first-order chi connectivity index (χ1) is 8.36. The SMILES string of the molecule is CCNCC(C)S(=O)(=O)Nc1cc(F)ccc1Br. The third kappa shape index (κ3) is 4.22. The number of benzene rings is 1. The summed E-state index contributed by atoms with van der Waals surface area (Å²) in [5, 5.41) is 2.36. The Bertz CT molecular complexity index is 508. The third-order valence-corrected chi connectivity index (χ3v) is 4.81. The first-order valence-corrected chi connectivity index (χ1v) is 7.88. The van der Waals surface area contributed by atoms with Crippen LogP contribution in [0.5, 0.6) is 0 Å². The molecule has 1 aromatic carbocycles. The van der Waals surface area contributed by atoms with Gasteiger partial charge < -0.3 is 5.32 Å². The number of halogens is 2. The number of rotatable bonds is 6. The molecule has 0 aromatic heterocycles. The molecule has 0 bridgehead atoms. The molecule has 1 aromatic rings. The largest absolute Gasteiger partial charge is 0.316 e. The van der Waals surface area contributed by atoms with Crippen LogP contribution in [-0.4, -0.2) is 26.8 Å². The van der Waals surface area contributed by atoms with Crippen LogP contribution in [0.1, 0.15) is 13.8 Å². The molecule has 4 nitrogen and oxygen atoms in total. The Kier molecular flexibility index (Phi) is 5.55. The van der Waals surface area contributed by atoms with Crippen molar-refractivity contribution in [1.82, 2.24) is 5.32 Å². The number of sulfonamides is 1. The van der Waals surface area contributed by atoms with Crippen LogP contribution in [0.2, 0.25) is 0 Å². The third-order valence-electron chi connectivity index (χ3n) is 2.39. The smallest absolute Gasteiger partial charge is 0.236 e. The summed E-state index contributed by atoms with van der Waals surface area (Å²) < 4.78 is 39.9. The molecule has 0 heterocycles. The van der Waals surface area contributed by atoms with Gasteiger partial charge in [-0.3, -0.25) is 4.72 Å². The van der Waals surface area contributed by atoms with Gasteiger partial charge >= 0.3 is 0 Å². The van der Waals surface area contributed by atoms with Gasteiger partial charge in [-0.25, -0.2) is 12.8 Å². The Morgan fingerprint density at radius 3 is 2.72 bits per heavy atom. The van der Waals surface area contributed by atoms with Gasteiger partial charge in [0.15, 0.2) is 0 Å². The van der Waals surface area contributed by atoms with E-state index in [2.05, 4.69) is 26.0 Å². The first kappa shape index (κ1) is 15.4. The van der Waals surface area contributed by atoms with Crippen molar-refractivity contribution in [3.63, 3.8) is 0 Å². The Labute approximate surface area is 115 Å². The first-order valence-electron chi connectivity index (χ1n) is 5.54. The molecule has 0 saturated carbocycles. The van der Waals surface area contributed by atoms with E-state index in [0.717, 1.165) is 6.07 Å². The van der Waals surface area contributed by atoms with Gasteiger partial charge in [0.05, 0.1) is 10.9 Å². The summed E-state index contributed by atoms with van der Waals surface area (Å²) in [6.45, 7) is 4.54. The molecule has 1 unspecified atom stereocenters. The van der Waals surface area contributed by atoms with Gasteiger partial charge in [-0.05, 0) is 47.6 Å². The van der Waals surface area contributed by atoms with Gasteiger partial charge in [-0.1, -0.05) is 6.92 Å². The molecular formula is C11H16BrFN2O2S. The minimum Gasteiger partial charge on any atom is -0.316 e. The summed E-state index contributed by atoms with van der Waals surface area (Å²) in [6.07, 6.45) is 0. The highest BCUT2D eigenvalue weighted by atomic mass is 79.9. The molecule has 18 heavy (non-hydrogen) atoms. The van der Waals surface area contributed by atoms with Crippen LogP contribution >= 0.6 is 15.9 Å². The Hall–Kier alpha value is -0.660. The summed E-state index contributed by atoms with van der Waals surface area (Å²) in [4.78, 5) is 0. The van der Waals surface area contributed by atoms with Crippen molar-refractivity contribution in [2.45, 2.75) is 19.1 Å². The summed E-state index contributed by atoms with van der Waals surface area (Å²) in [7, 11) is -3.53. The van der Waals surface area contributed by atoms with Crippen molar-refractivity contribution in [3.05, 3.63) is 28.5 Å². The highest BCUT2D eigenvalue weighted by molar-refractivity contribution is 9.10. The van der Waals surface area contributed by atoms with E-state index in [1.807, 2.05) is 6.92 Å². The topological polar surface area (TPSA) is 58.2 Å². The number of nitrogens with one attached hydrogen (secondary N) is 2. The van der Waals surface area contributed by atoms with Crippen molar-refractivity contribution < 1.29 is 12.8 Å². The van der Waals surface area contributed by atoms with Crippen molar-refractivity contribution in [1.29, 1.82) is 0 Å². The summed E-state index contributed by atoms with van der Waals surface area (Å²) in [5.74, 6) is -0.491. The fourth-order valence-corrected chi connectivity index (χ4v) is 2.78.